The summed E-state index contributed by atoms with van der Waals surface area (Å²) in [4.78, 5) is 36.4. The van der Waals surface area contributed by atoms with Crippen molar-refractivity contribution in [3.8, 4) is 0 Å². The molecule has 0 spiro atoms. The van der Waals surface area contributed by atoms with Crippen molar-refractivity contribution in [3.05, 3.63) is 46.8 Å². The van der Waals surface area contributed by atoms with Crippen LogP contribution in [0.15, 0.2) is 28.8 Å². The van der Waals surface area contributed by atoms with Crippen molar-refractivity contribution in [3.63, 3.8) is 0 Å². The molecule has 1 aromatic heterocycles. The summed E-state index contributed by atoms with van der Waals surface area (Å²) in [5.41, 5.74) is 1.34. The number of nitrogens with zero attached hydrogens (tertiary/aromatic N) is 1. The summed E-state index contributed by atoms with van der Waals surface area (Å²) < 4.78 is 9.91. The highest BCUT2D eigenvalue weighted by Gasteiger charge is 2.25. The Labute approximate surface area is 149 Å². The zero-order valence-electron chi connectivity index (χ0n) is 14.5. The number of aryl methyl sites for hydroxylation is 2. The van der Waals surface area contributed by atoms with Crippen LogP contribution in [0.25, 0.3) is 0 Å². The van der Waals surface area contributed by atoms with E-state index < -0.39 is 18.5 Å². The number of esters is 1. The molecule has 1 heterocycles. The van der Waals surface area contributed by atoms with Gasteiger partial charge in [-0.05, 0) is 38.8 Å². The molecule has 1 aliphatic rings. The predicted octanol–water partition coefficient (Wildman–Crippen LogP) is 1.98. The smallest absolute Gasteiger partial charge is 0.344 e. The maximum Gasteiger partial charge on any atom is 0.344 e. The van der Waals surface area contributed by atoms with Crippen LogP contribution in [-0.2, 0) is 9.53 Å². The number of amides is 2. The summed E-state index contributed by atoms with van der Waals surface area (Å²) in [6.07, 6.45) is 1.94. The van der Waals surface area contributed by atoms with E-state index >= 15 is 0 Å². The number of carbonyl (C=O) groups is 3. The summed E-state index contributed by atoms with van der Waals surface area (Å²) in [5.74, 6) is -1.14. The fraction of sp³-hybridized carbons (Fsp3) is 0.333. The Morgan fingerprint density at radius 1 is 1.23 bits per heavy atom. The molecule has 2 N–H and O–H groups in total. The fourth-order valence-electron chi connectivity index (χ4n) is 2.44. The number of nitrogens with one attached hydrogen (secondary N) is 2. The first-order valence-corrected chi connectivity index (χ1v) is 8.25. The van der Waals surface area contributed by atoms with E-state index in [0.717, 1.165) is 12.8 Å². The van der Waals surface area contributed by atoms with Crippen LogP contribution in [0.5, 0.6) is 0 Å². The number of carbonyl (C=O) groups excluding carboxylic acids is 3. The van der Waals surface area contributed by atoms with Crippen LogP contribution < -0.4 is 10.6 Å². The number of aromatic nitrogens is 1. The number of hydrogen-bond acceptors (Lipinski definition) is 6. The van der Waals surface area contributed by atoms with Crippen LogP contribution in [0.2, 0.25) is 0 Å². The van der Waals surface area contributed by atoms with E-state index in [4.69, 9.17) is 9.26 Å². The van der Waals surface area contributed by atoms with Gasteiger partial charge in [0.25, 0.3) is 11.8 Å². The highest BCUT2D eigenvalue weighted by Crippen LogP contribution is 2.21. The maximum atomic E-state index is 12.2. The van der Waals surface area contributed by atoms with Gasteiger partial charge >= 0.3 is 5.97 Å². The number of hydrogen-bond donors (Lipinski definition) is 2. The molecule has 0 bridgehead atoms. The fourth-order valence-corrected chi connectivity index (χ4v) is 2.44. The molecule has 136 valence electrons. The van der Waals surface area contributed by atoms with Crippen molar-refractivity contribution in [1.29, 1.82) is 0 Å². The lowest BCUT2D eigenvalue weighted by Crippen LogP contribution is -2.28. The van der Waals surface area contributed by atoms with Crippen molar-refractivity contribution in [1.82, 2.24) is 10.5 Å². The Morgan fingerprint density at radius 3 is 2.62 bits per heavy atom. The summed E-state index contributed by atoms with van der Waals surface area (Å²) in [6, 6.07) is 6.88. The second-order valence-corrected chi connectivity index (χ2v) is 6.12. The van der Waals surface area contributed by atoms with Crippen molar-refractivity contribution in [2.24, 2.45) is 0 Å². The largest absolute Gasteiger partial charge is 0.452 e. The van der Waals surface area contributed by atoms with Gasteiger partial charge in [-0.1, -0.05) is 17.3 Å². The quantitative estimate of drug-likeness (QED) is 0.765. The predicted molar refractivity (Wildman–Crippen MR) is 91.8 cm³/mol. The van der Waals surface area contributed by atoms with Crippen molar-refractivity contribution in [2.45, 2.75) is 32.7 Å². The molecule has 8 nitrogen and oxygen atoms in total. The third kappa shape index (κ3) is 4.08. The number of anilines is 1. The minimum Gasteiger partial charge on any atom is -0.452 e. The molecule has 0 atom stereocenters. The van der Waals surface area contributed by atoms with Gasteiger partial charge in [-0.25, -0.2) is 4.79 Å². The molecular formula is C18H19N3O5. The van der Waals surface area contributed by atoms with Crippen LogP contribution in [-0.4, -0.2) is 35.6 Å². The number of rotatable bonds is 6. The van der Waals surface area contributed by atoms with Gasteiger partial charge in [-0.15, -0.1) is 0 Å². The molecule has 2 amide bonds. The normalized spacial score (nSPS) is 13.2. The first-order valence-electron chi connectivity index (χ1n) is 8.25. The van der Waals surface area contributed by atoms with Gasteiger partial charge < -0.3 is 19.9 Å². The van der Waals surface area contributed by atoms with Crippen molar-refractivity contribution < 1.29 is 23.6 Å². The third-order valence-electron chi connectivity index (χ3n) is 3.93. The van der Waals surface area contributed by atoms with Gasteiger partial charge in [0.1, 0.15) is 11.3 Å². The average molecular weight is 357 g/mol. The second kappa shape index (κ2) is 7.38. The molecule has 2 aromatic rings. The van der Waals surface area contributed by atoms with E-state index in [1.54, 1.807) is 38.1 Å². The van der Waals surface area contributed by atoms with E-state index in [0.29, 0.717) is 22.7 Å². The van der Waals surface area contributed by atoms with Gasteiger partial charge in [0.2, 0.25) is 0 Å². The van der Waals surface area contributed by atoms with Crippen LogP contribution in [0.3, 0.4) is 0 Å². The molecule has 0 radical (unpaired) electrons. The first kappa shape index (κ1) is 17.7. The Kier molecular flexibility index (Phi) is 5.01. The van der Waals surface area contributed by atoms with Crippen LogP contribution in [0.1, 0.15) is 45.0 Å². The third-order valence-corrected chi connectivity index (χ3v) is 3.93. The molecule has 3 rings (SSSR count). The van der Waals surface area contributed by atoms with Crippen molar-refractivity contribution in [2.75, 3.05) is 11.9 Å². The molecule has 0 aliphatic heterocycles. The topological polar surface area (TPSA) is 111 Å². The molecular weight excluding hydrogens is 338 g/mol. The Morgan fingerprint density at radius 2 is 1.96 bits per heavy atom. The second-order valence-electron chi connectivity index (χ2n) is 6.12. The molecule has 1 aromatic carbocycles. The SMILES string of the molecule is Cc1noc(C)c1C(=O)OCC(=O)Nc1ccccc1C(=O)NC1CC1. The van der Waals surface area contributed by atoms with Crippen LogP contribution >= 0.6 is 0 Å². The minimum absolute atomic E-state index is 0.210. The number of para-hydroxylation sites is 1. The molecule has 0 saturated heterocycles. The summed E-state index contributed by atoms with van der Waals surface area (Å²) in [5, 5.41) is 9.14. The highest BCUT2D eigenvalue weighted by molar-refractivity contribution is 6.04. The van der Waals surface area contributed by atoms with Crippen molar-refractivity contribution >= 4 is 23.5 Å². The summed E-state index contributed by atoms with van der Waals surface area (Å²) in [6.45, 7) is 2.72. The molecule has 1 saturated carbocycles. The van der Waals surface area contributed by atoms with E-state index in [-0.39, 0.29) is 17.5 Å². The maximum absolute atomic E-state index is 12.2. The van der Waals surface area contributed by atoms with E-state index in [2.05, 4.69) is 15.8 Å². The van der Waals surface area contributed by atoms with Gasteiger partial charge in [-0.2, -0.15) is 0 Å². The molecule has 8 heteroatoms. The highest BCUT2D eigenvalue weighted by atomic mass is 16.5. The molecule has 26 heavy (non-hydrogen) atoms. The van der Waals surface area contributed by atoms with Crippen LogP contribution in [0, 0.1) is 13.8 Å². The van der Waals surface area contributed by atoms with Gasteiger partial charge in [0.05, 0.1) is 16.9 Å². The minimum atomic E-state index is -0.684. The van der Waals surface area contributed by atoms with Gasteiger partial charge in [0.15, 0.2) is 6.61 Å². The van der Waals surface area contributed by atoms with E-state index in [1.807, 2.05) is 0 Å². The summed E-state index contributed by atoms with van der Waals surface area (Å²) >= 11 is 0. The lowest BCUT2D eigenvalue weighted by molar-refractivity contribution is -0.119. The monoisotopic (exact) mass is 357 g/mol. The van der Waals surface area contributed by atoms with Gasteiger partial charge in [-0.3, -0.25) is 9.59 Å². The van der Waals surface area contributed by atoms with Gasteiger partial charge in [0, 0.05) is 6.04 Å². The lowest BCUT2D eigenvalue weighted by Gasteiger charge is -2.11. The lowest BCUT2D eigenvalue weighted by atomic mass is 10.1. The molecule has 1 aliphatic carbocycles. The Hall–Kier alpha value is -3.16. The summed E-state index contributed by atoms with van der Waals surface area (Å²) in [7, 11) is 0. The zero-order valence-corrected chi connectivity index (χ0v) is 14.5. The zero-order chi connectivity index (χ0) is 18.7. The number of benzene rings is 1. The molecule has 1 fully saturated rings. The molecule has 0 unspecified atom stereocenters. The average Bonchev–Trinajstić information content (AvgIpc) is 3.36. The van der Waals surface area contributed by atoms with E-state index in [1.165, 1.54) is 0 Å². The van der Waals surface area contributed by atoms with E-state index in [9.17, 15) is 14.4 Å². The Balaban J connectivity index is 1.60. The van der Waals surface area contributed by atoms with Crippen LogP contribution in [0.4, 0.5) is 5.69 Å². The first-order chi connectivity index (χ1) is 12.5. The number of ether oxygens (including phenoxy) is 1. The standard InChI is InChI=1S/C18H19N3O5/c1-10-16(11(2)26-21-10)18(24)25-9-15(22)20-14-6-4-3-5-13(14)17(23)19-12-7-8-12/h3-6,12H,7-9H2,1-2H3,(H,19,23)(H,20,22). The Bertz CT molecular complexity index is 835.